The Hall–Kier alpha value is -1.52. The number of hydrogen-bond acceptors (Lipinski definition) is 3. The minimum Gasteiger partial charge on any atom is -0.490 e. The standard InChI is InChI=1S/C16H17FO2S/c1-12(18)13-7-8-16(15(17)11-13)19-9-10-20-14-5-3-2-4-6-14/h2-8,11-12,18H,9-10H2,1H3/t12-/m1/s1. The Labute approximate surface area is 122 Å². The first-order valence-corrected chi connectivity index (χ1v) is 7.43. The van der Waals surface area contributed by atoms with E-state index in [-0.39, 0.29) is 5.75 Å². The highest BCUT2D eigenvalue weighted by atomic mass is 32.2. The van der Waals surface area contributed by atoms with E-state index in [1.54, 1.807) is 30.8 Å². The van der Waals surface area contributed by atoms with Crippen molar-refractivity contribution in [2.75, 3.05) is 12.4 Å². The molecule has 1 atom stereocenters. The van der Waals surface area contributed by atoms with Gasteiger partial charge < -0.3 is 9.84 Å². The van der Waals surface area contributed by atoms with Crippen LogP contribution < -0.4 is 4.74 Å². The zero-order valence-electron chi connectivity index (χ0n) is 11.3. The van der Waals surface area contributed by atoms with Gasteiger partial charge in [-0.3, -0.25) is 0 Å². The Morgan fingerprint density at radius 3 is 2.60 bits per heavy atom. The molecule has 2 nitrogen and oxygen atoms in total. The highest BCUT2D eigenvalue weighted by molar-refractivity contribution is 7.99. The molecule has 0 saturated heterocycles. The van der Waals surface area contributed by atoms with Crippen molar-refractivity contribution >= 4 is 11.8 Å². The fraction of sp³-hybridized carbons (Fsp3) is 0.250. The quantitative estimate of drug-likeness (QED) is 0.643. The molecule has 2 rings (SSSR count). The van der Waals surface area contributed by atoms with Crippen molar-refractivity contribution in [3.63, 3.8) is 0 Å². The van der Waals surface area contributed by atoms with E-state index in [0.717, 1.165) is 5.75 Å². The zero-order valence-corrected chi connectivity index (χ0v) is 12.1. The molecule has 0 spiro atoms. The second-order valence-electron chi connectivity index (χ2n) is 4.38. The molecule has 20 heavy (non-hydrogen) atoms. The lowest BCUT2D eigenvalue weighted by Gasteiger charge is -2.10. The fourth-order valence-electron chi connectivity index (χ4n) is 1.72. The first-order valence-electron chi connectivity index (χ1n) is 6.45. The van der Waals surface area contributed by atoms with Gasteiger partial charge in [-0.2, -0.15) is 0 Å². The molecule has 2 aromatic rings. The Balaban J connectivity index is 1.82. The third kappa shape index (κ3) is 4.25. The first-order chi connectivity index (χ1) is 9.66. The SMILES string of the molecule is C[C@@H](O)c1ccc(OCCSc2ccccc2)c(F)c1. The third-order valence-electron chi connectivity index (χ3n) is 2.79. The maximum absolute atomic E-state index is 13.7. The number of aliphatic hydroxyl groups excluding tert-OH is 1. The molecule has 0 bridgehead atoms. The van der Waals surface area contributed by atoms with Crippen LogP contribution in [0.2, 0.25) is 0 Å². The number of benzene rings is 2. The van der Waals surface area contributed by atoms with Gasteiger partial charge in [0.05, 0.1) is 12.7 Å². The van der Waals surface area contributed by atoms with E-state index < -0.39 is 11.9 Å². The predicted octanol–water partition coefficient (Wildman–Crippen LogP) is 4.05. The summed E-state index contributed by atoms with van der Waals surface area (Å²) in [6.07, 6.45) is -0.674. The molecule has 0 unspecified atom stereocenters. The maximum atomic E-state index is 13.7. The van der Waals surface area contributed by atoms with E-state index >= 15 is 0 Å². The minimum atomic E-state index is -0.674. The predicted molar refractivity (Wildman–Crippen MR) is 79.7 cm³/mol. The lowest BCUT2D eigenvalue weighted by Crippen LogP contribution is -2.02. The molecule has 0 fully saturated rings. The summed E-state index contributed by atoms with van der Waals surface area (Å²) in [7, 11) is 0. The second-order valence-corrected chi connectivity index (χ2v) is 5.54. The maximum Gasteiger partial charge on any atom is 0.165 e. The van der Waals surface area contributed by atoms with Gasteiger partial charge in [0, 0.05) is 10.6 Å². The Kier molecular flexibility index (Phi) is 5.44. The van der Waals surface area contributed by atoms with Crippen LogP contribution in [0.1, 0.15) is 18.6 Å². The molecule has 1 N–H and O–H groups in total. The van der Waals surface area contributed by atoms with E-state index in [9.17, 15) is 9.50 Å². The molecule has 0 saturated carbocycles. The van der Waals surface area contributed by atoms with Crippen LogP contribution in [0.25, 0.3) is 0 Å². The van der Waals surface area contributed by atoms with E-state index in [2.05, 4.69) is 0 Å². The van der Waals surface area contributed by atoms with Crippen LogP contribution >= 0.6 is 11.8 Å². The van der Waals surface area contributed by atoms with Gasteiger partial charge in [-0.05, 0) is 36.8 Å². The van der Waals surface area contributed by atoms with Gasteiger partial charge in [-0.15, -0.1) is 11.8 Å². The van der Waals surface area contributed by atoms with E-state index in [0.29, 0.717) is 12.2 Å². The van der Waals surface area contributed by atoms with Crippen molar-refractivity contribution in [2.45, 2.75) is 17.9 Å². The van der Waals surface area contributed by atoms with Crippen LogP contribution in [0, 0.1) is 5.82 Å². The second kappa shape index (κ2) is 7.31. The molecule has 0 aromatic heterocycles. The highest BCUT2D eigenvalue weighted by Gasteiger charge is 2.07. The summed E-state index contributed by atoms with van der Waals surface area (Å²) in [6, 6.07) is 14.5. The summed E-state index contributed by atoms with van der Waals surface area (Å²) >= 11 is 1.67. The molecule has 0 radical (unpaired) electrons. The minimum absolute atomic E-state index is 0.225. The van der Waals surface area contributed by atoms with Crippen LogP contribution in [-0.2, 0) is 0 Å². The van der Waals surface area contributed by atoms with Gasteiger partial charge >= 0.3 is 0 Å². The van der Waals surface area contributed by atoms with Crippen molar-refractivity contribution in [3.05, 3.63) is 59.9 Å². The van der Waals surface area contributed by atoms with Crippen LogP contribution in [0.5, 0.6) is 5.75 Å². The number of aliphatic hydroxyl groups is 1. The number of ether oxygens (including phenoxy) is 1. The van der Waals surface area contributed by atoms with Crippen LogP contribution in [0.3, 0.4) is 0 Å². The Morgan fingerprint density at radius 1 is 1.20 bits per heavy atom. The number of hydrogen-bond donors (Lipinski definition) is 1. The molecule has 0 aliphatic heterocycles. The summed E-state index contributed by atoms with van der Waals surface area (Å²) < 4.78 is 19.1. The number of halogens is 1. The molecular formula is C16H17FO2S. The average Bonchev–Trinajstić information content (AvgIpc) is 2.46. The largest absolute Gasteiger partial charge is 0.490 e. The van der Waals surface area contributed by atoms with Gasteiger partial charge in [0.15, 0.2) is 11.6 Å². The number of rotatable bonds is 6. The van der Waals surface area contributed by atoms with Gasteiger partial charge in [-0.1, -0.05) is 24.3 Å². The van der Waals surface area contributed by atoms with E-state index in [1.807, 2.05) is 30.3 Å². The van der Waals surface area contributed by atoms with E-state index in [4.69, 9.17) is 4.74 Å². The Bertz CT molecular complexity index is 543. The molecule has 0 amide bonds. The summed E-state index contributed by atoms with van der Waals surface area (Å²) in [5, 5.41) is 9.37. The van der Waals surface area contributed by atoms with Crippen molar-refractivity contribution < 1.29 is 14.2 Å². The molecule has 2 aromatic carbocycles. The van der Waals surface area contributed by atoms with Gasteiger partial charge in [-0.25, -0.2) is 4.39 Å². The molecular weight excluding hydrogens is 275 g/mol. The Morgan fingerprint density at radius 2 is 1.95 bits per heavy atom. The van der Waals surface area contributed by atoms with Crippen LogP contribution in [-0.4, -0.2) is 17.5 Å². The number of thioether (sulfide) groups is 1. The molecule has 4 heteroatoms. The third-order valence-corrected chi connectivity index (χ3v) is 3.77. The van der Waals surface area contributed by atoms with Gasteiger partial charge in [0.2, 0.25) is 0 Å². The van der Waals surface area contributed by atoms with Crippen LogP contribution in [0.4, 0.5) is 4.39 Å². The topological polar surface area (TPSA) is 29.5 Å². The van der Waals surface area contributed by atoms with Crippen molar-refractivity contribution in [2.24, 2.45) is 0 Å². The zero-order chi connectivity index (χ0) is 14.4. The average molecular weight is 292 g/mol. The van der Waals surface area contributed by atoms with Crippen molar-refractivity contribution in [1.29, 1.82) is 0 Å². The highest BCUT2D eigenvalue weighted by Crippen LogP contribution is 2.23. The lowest BCUT2D eigenvalue weighted by molar-refractivity contribution is 0.198. The summed E-state index contributed by atoms with van der Waals surface area (Å²) in [6.45, 7) is 2.04. The lowest BCUT2D eigenvalue weighted by atomic mass is 10.1. The monoisotopic (exact) mass is 292 g/mol. The summed E-state index contributed by atoms with van der Waals surface area (Å²) in [5.74, 6) is 0.540. The molecule has 0 heterocycles. The molecule has 0 aliphatic carbocycles. The van der Waals surface area contributed by atoms with Crippen LogP contribution in [0.15, 0.2) is 53.4 Å². The smallest absolute Gasteiger partial charge is 0.165 e. The molecule has 0 aliphatic rings. The van der Waals surface area contributed by atoms with Gasteiger partial charge in [0.1, 0.15) is 0 Å². The van der Waals surface area contributed by atoms with E-state index in [1.165, 1.54) is 11.0 Å². The summed E-state index contributed by atoms with van der Waals surface area (Å²) in [4.78, 5) is 1.17. The van der Waals surface area contributed by atoms with Crippen molar-refractivity contribution in [1.82, 2.24) is 0 Å². The summed E-state index contributed by atoms with van der Waals surface area (Å²) in [5.41, 5.74) is 0.550. The molecule has 106 valence electrons. The van der Waals surface area contributed by atoms with Crippen molar-refractivity contribution in [3.8, 4) is 5.75 Å². The normalized spacial score (nSPS) is 12.2. The van der Waals surface area contributed by atoms with Gasteiger partial charge in [0.25, 0.3) is 0 Å². The first kappa shape index (κ1) is 14.9. The fourth-order valence-corrected chi connectivity index (χ4v) is 2.47.